The van der Waals surface area contributed by atoms with Crippen molar-refractivity contribution in [3.63, 3.8) is 0 Å². The molecule has 0 radical (unpaired) electrons. The van der Waals surface area contributed by atoms with Crippen molar-refractivity contribution in [3.05, 3.63) is 53.6 Å². The Balaban J connectivity index is 1.43. The van der Waals surface area contributed by atoms with Gasteiger partial charge in [0, 0.05) is 19.0 Å². The van der Waals surface area contributed by atoms with Gasteiger partial charge in [-0.15, -0.1) is 0 Å². The Labute approximate surface area is 178 Å². The van der Waals surface area contributed by atoms with E-state index in [1.165, 1.54) is 0 Å². The largest absolute Gasteiger partial charge is 0.566 e. The molecule has 1 fully saturated rings. The van der Waals surface area contributed by atoms with Crippen LogP contribution in [0.4, 0.5) is 5.69 Å². The van der Waals surface area contributed by atoms with Crippen molar-refractivity contribution < 1.29 is 18.8 Å². The van der Waals surface area contributed by atoms with Crippen molar-refractivity contribution in [2.45, 2.75) is 12.8 Å². The van der Waals surface area contributed by atoms with E-state index in [1.54, 1.807) is 25.3 Å². The molecule has 0 spiro atoms. The molecule has 2 aromatic carbocycles. The third-order valence-electron chi connectivity index (χ3n) is 5.28. The lowest BCUT2D eigenvalue weighted by Crippen LogP contribution is -2.41. The van der Waals surface area contributed by atoms with Crippen LogP contribution in [0.3, 0.4) is 0 Å². The second kappa shape index (κ2) is 8.85. The van der Waals surface area contributed by atoms with Crippen LogP contribution in [0, 0.1) is 5.92 Å². The van der Waals surface area contributed by atoms with E-state index >= 15 is 0 Å². The average Bonchev–Trinajstić information content (AvgIpc) is 2.77. The van der Waals surface area contributed by atoms with Crippen LogP contribution < -0.4 is 19.9 Å². The highest BCUT2D eigenvalue weighted by atomic mass is 32.2. The van der Waals surface area contributed by atoms with E-state index in [4.69, 9.17) is 15.2 Å². The molecule has 0 aliphatic carbocycles. The summed E-state index contributed by atoms with van der Waals surface area (Å²) < 4.78 is 29.7. The minimum absolute atomic E-state index is 0.0303. The zero-order valence-electron chi connectivity index (χ0n) is 16.7. The predicted octanol–water partition coefficient (Wildman–Crippen LogP) is 2.34. The molecule has 2 atom stereocenters. The van der Waals surface area contributed by atoms with Crippen molar-refractivity contribution in [1.82, 2.24) is 4.90 Å². The Kier molecular flexibility index (Phi) is 6.01. The van der Waals surface area contributed by atoms with Gasteiger partial charge in [-0.05, 0) is 41.5 Å². The first-order valence-electron chi connectivity index (χ1n) is 9.78. The predicted molar refractivity (Wildman–Crippen MR) is 116 cm³/mol. The maximum absolute atomic E-state index is 13.0. The number of likely N-dealkylation sites (tertiary alicyclic amines) is 1. The van der Waals surface area contributed by atoms with E-state index in [9.17, 15) is 9.35 Å². The van der Waals surface area contributed by atoms with Crippen LogP contribution in [-0.4, -0.2) is 48.0 Å². The van der Waals surface area contributed by atoms with Crippen molar-refractivity contribution in [2.24, 2.45) is 16.0 Å². The highest BCUT2D eigenvalue weighted by Crippen LogP contribution is 2.31. The smallest absolute Gasteiger partial charge is 0.257 e. The number of nitrogens with one attached hydrogen (secondary N) is 1. The number of rotatable bonds is 5. The molecule has 9 heteroatoms. The molecule has 2 heterocycles. The van der Waals surface area contributed by atoms with Gasteiger partial charge in [0.15, 0.2) is 5.84 Å². The highest BCUT2D eigenvalue weighted by Gasteiger charge is 2.28. The molecule has 1 saturated heterocycles. The number of piperidine rings is 1. The lowest BCUT2D eigenvalue weighted by Gasteiger charge is -2.33. The third kappa shape index (κ3) is 4.17. The Morgan fingerprint density at radius 1 is 1.30 bits per heavy atom. The standard InChI is InChI=1S/C21H24N4O4S/c1-28-17-9-3-2-7-15(17)21(26)25-11-5-6-14(12-25)13-29-18-10-4-8-16-19(18)20(22)24-30(27)23-16/h2-4,7-10,14,23H,5-6,11-13H2,1H3,(H2,22,24). The number of benzene rings is 2. The first-order valence-corrected chi connectivity index (χ1v) is 10.9. The molecule has 30 heavy (non-hydrogen) atoms. The molecule has 3 N–H and O–H groups in total. The summed E-state index contributed by atoms with van der Waals surface area (Å²) in [6, 6.07) is 12.7. The maximum atomic E-state index is 13.0. The number of amidine groups is 1. The topological polar surface area (TPSA) is 112 Å². The number of hydrogen-bond donors (Lipinski definition) is 2. The Morgan fingerprint density at radius 2 is 2.10 bits per heavy atom. The number of carbonyl (C=O) groups excluding carboxylic acids is 1. The minimum atomic E-state index is -1.58. The number of nitrogens with two attached hydrogens (primary N) is 1. The second-order valence-electron chi connectivity index (χ2n) is 7.28. The molecular weight excluding hydrogens is 404 g/mol. The first-order chi connectivity index (χ1) is 14.6. The normalized spacial score (nSPS) is 20.6. The van der Waals surface area contributed by atoms with E-state index in [0.717, 1.165) is 12.8 Å². The van der Waals surface area contributed by atoms with E-state index in [0.29, 0.717) is 48.0 Å². The molecule has 4 rings (SSSR count). The van der Waals surface area contributed by atoms with Gasteiger partial charge in [0.2, 0.25) is 11.5 Å². The summed E-state index contributed by atoms with van der Waals surface area (Å²) in [6.45, 7) is 1.77. The third-order valence-corrected chi connectivity index (χ3v) is 6.04. The van der Waals surface area contributed by atoms with Crippen LogP contribution >= 0.6 is 0 Å². The summed E-state index contributed by atoms with van der Waals surface area (Å²) in [4.78, 5) is 14.9. The molecule has 158 valence electrons. The van der Waals surface area contributed by atoms with E-state index < -0.39 is 11.5 Å². The monoisotopic (exact) mass is 428 g/mol. The zero-order valence-corrected chi connectivity index (χ0v) is 17.5. The van der Waals surface area contributed by atoms with Crippen molar-refractivity contribution in [2.75, 3.05) is 31.5 Å². The number of para-hydroxylation sites is 1. The van der Waals surface area contributed by atoms with Gasteiger partial charge < -0.3 is 24.7 Å². The summed E-state index contributed by atoms with van der Waals surface area (Å²) in [7, 11) is 1.57. The lowest BCUT2D eigenvalue weighted by molar-refractivity contribution is 0.0630. The van der Waals surface area contributed by atoms with Crippen LogP contribution in [0.1, 0.15) is 28.8 Å². The first kappa shape index (κ1) is 20.4. The van der Waals surface area contributed by atoms with Crippen LogP contribution in [0.15, 0.2) is 46.9 Å². The van der Waals surface area contributed by atoms with E-state index in [-0.39, 0.29) is 17.7 Å². The van der Waals surface area contributed by atoms with Crippen LogP contribution in [-0.2, 0) is 11.5 Å². The molecular formula is C21H24N4O4S. The SMILES string of the molecule is COc1ccccc1C(=O)N1CCCC(COc2cccc3c2C(N)=N[S+]([O-])N3)C1. The fraction of sp³-hybridized carbons (Fsp3) is 0.333. The zero-order chi connectivity index (χ0) is 21.1. The summed E-state index contributed by atoms with van der Waals surface area (Å²) in [6.07, 6.45) is 1.88. The number of ether oxygens (including phenoxy) is 2. The molecule has 1 amide bonds. The molecule has 2 aromatic rings. The molecule has 0 aromatic heterocycles. The lowest BCUT2D eigenvalue weighted by atomic mass is 9.98. The molecule has 0 bridgehead atoms. The molecule has 2 aliphatic heterocycles. The number of fused-ring (bicyclic) bond motifs is 1. The number of amides is 1. The van der Waals surface area contributed by atoms with E-state index in [1.807, 2.05) is 29.2 Å². The summed E-state index contributed by atoms with van der Waals surface area (Å²) in [5.41, 5.74) is 7.80. The summed E-state index contributed by atoms with van der Waals surface area (Å²) in [5.74, 6) is 1.52. The fourth-order valence-electron chi connectivity index (χ4n) is 3.84. The van der Waals surface area contributed by atoms with Crippen molar-refractivity contribution in [3.8, 4) is 11.5 Å². The number of hydrogen-bond acceptors (Lipinski definition) is 7. The van der Waals surface area contributed by atoms with Gasteiger partial charge in [0.1, 0.15) is 11.5 Å². The molecule has 2 aliphatic rings. The second-order valence-corrected chi connectivity index (χ2v) is 8.16. The number of methoxy groups -OCH3 is 1. The van der Waals surface area contributed by atoms with Crippen LogP contribution in [0.25, 0.3) is 0 Å². The van der Waals surface area contributed by atoms with Gasteiger partial charge in [-0.1, -0.05) is 18.2 Å². The Hall–Kier alpha value is -2.91. The Bertz CT molecular complexity index is 968. The van der Waals surface area contributed by atoms with Gasteiger partial charge in [-0.2, -0.15) is 4.72 Å². The minimum Gasteiger partial charge on any atom is -0.566 e. The van der Waals surface area contributed by atoms with Crippen molar-refractivity contribution in [1.29, 1.82) is 0 Å². The van der Waals surface area contributed by atoms with Gasteiger partial charge in [-0.25, -0.2) is 0 Å². The number of anilines is 1. The van der Waals surface area contributed by atoms with Crippen LogP contribution in [0.2, 0.25) is 0 Å². The highest BCUT2D eigenvalue weighted by molar-refractivity contribution is 7.91. The number of carbonyl (C=O) groups is 1. The van der Waals surface area contributed by atoms with Crippen molar-refractivity contribution >= 4 is 29.0 Å². The molecule has 8 nitrogen and oxygen atoms in total. The maximum Gasteiger partial charge on any atom is 0.257 e. The van der Waals surface area contributed by atoms with Gasteiger partial charge in [0.25, 0.3) is 5.91 Å². The van der Waals surface area contributed by atoms with E-state index in [2.05, 4.69) is 9.12 Å². The van der Waals surface area contributed by atoms with Crippen LogP contribution in [0.5, 0.6) is 11.5 Å². The summed E-state index contributed by atoms with van der Waals surface area (Å²) >= 11 is -1.58. The summed E-state index contributed by atoms with van der Waals surface area (Å²) in [5, 5.41) is 0. The fourth-order valence-corrected chi connectivity index (χ4v) is 4.51. The van der Waals surface area contributed by atoms with Gasteiger partial charge in [-0.3, -0.25) is 4.79 Å². The quantitative estimate of drug-likeness (QED) is 0.707. The Morgan fingerprint density at radius 3 is 2.93 bits per heavy atom. The average molecular weight is 429 g/mol. The van der Waals surface area contributed by atoms with Gasteiger partial charge in [0.05, 0.1) is 30.5 Å². The molecule has 2 unspecified atom stereocenters. The number of nitrogens with zero attached hydrogens (tertiary/aromatic N) is 2. The molecule has 0 saturated carbocycles. The van der Waals surface area contributed by atoms with Gasteiger partial charge >= 0.3 is 0 Å².